The van der Waals surface area contributed by atoms with Crippen LogP contribution in [0.25, 0.3) is 0 Å². The van der Waals surface area contributed by atoms with Crippen LogP contribution in [0, 0.1) is 22.2 Å². The molecule has 0 bridgehead atoms. The highest BCUT2D eigenvalue weighted by Gasteiger charge is 2.48. The van der Waals surface area contributed by atoms with Crippen molar-refractivity contribution in [1.29, 1.82) is 0 Å². The van der Waals surface area contributed by atoms with Crippen LogP contribution in [0.3, 0.4) is 0 Å². The second-order valence-electron chi connectivity index (χ2n) is 16.2. The van der Waals surface area contributed by atoms with Gasteiger partial charge < -0.3 is 48.1 Å². The van der Waals surface area contributed by atoms with E-state index in [1.54, 1.807) is 52.0 Å². The molecule has 1 aromatic rings. The smallest absolute Gasteiger partial charge is 0.243 e. The van der Waals surface area contributed by atoms with Crippen LogP contribution in [-0.2, 0) is 40.0 Å². The number of carbonyl (C=O) groups is 7. The predicted octanol–water partition coefficient (Wildman–Crippen LogP) is 0.414. The first kappa shape index (κ1) is 49.4. The highest BCUT2D eigenvalue weighted by Crippen LogP contribution is 2.44. The van der Waals surface area contributed by atoms with E-state index in [9.17, 15) is 38.7 Å². The van der Waals surface area contributed by atoms with Gasteiger partial charge in [-0.2, -0.15) is 0 Å². The number of aliphatic hydroxyl groups is 1. The van der Waals surface area contributed by atoms with E-state index in [4.69, 9.17) is 5.73 Å². The Kier molecular flexibility index (Phi) is 20.7. The van der Waals surface area contributed by atoms with Gasteiger partial charge in [-0.05, 0) is 57.1 Å². The van der Waals surface area contributed by atoms with Gasteiger partial charge in [-0.15, -0.1) is 0 Å². The number of hydrogen-bond acceptors (Lipinski definition) is 9. The number of amides is 7. The summed E-state index contributed by atoms with van der Waals surface area (Å²) < 4.78 is 0. The van der Waals surface area contributed by atoms with Crippen molar-refractivity contribution in [2.24, 2.45) is 27.9 Å². The first-order valence-electron chi connectivity index (χ1n) is 19.5. The fourth-order valence-electron chi connectivity index (χ4n) is 6.54. The van der Waals surface area contributed by atoms with Gasteiger partial charge in [0.1, 0.15) is 12.1 Å². The molecule has 1 aromatic carbocycles. The lowest BCUT2D eigenvalue weighted by Crippen LogP contribution is -2.56. The van der Waals surface area contributed by atoms with Gasteiger partial charge in [0.25, 0.3) is 0 Å². The Morgan fingerprint density at radius 3 is 1.89 bits per heavy atom. The lowest BCUT2D eigenvalue weighted by molar-refractivity contribution is -0.142. The zero-order valence-electron chi connectivity index (χ0n) is 34.9. The van der Waals surface area contributed by atoms with Gasteiger partial charge in [-0.3, -0.25) is 33.6 Å². The minimum atomic E-state index is -1.26. The molecule has 16 heteroatoms. The molecule has 316 valence electrons. The van der Waals surface area contributed by atoms with Crippen LogP contribution in [0.2, 0.25) is 0 Å². The monoisotopic (exact) mass is 789 g/mol. The fraction of sp³-hybridized carbons (Fsp3) is 0.675. The van der Waals surface area contributed by atoms with E-state index in [2.05, 4.69) is 37.2 Å². The average Bonchev–Trinajstić information content (AvgIpc) is 3.13. The van der Waals surface area contributed by atoms with Gasteiger partial charge in [0.15, 0.2) is 0 Å². The number of nitrogens with one attached hydrogen (secondary N) is 7. The topological polar surface area (TPSA) is 250 Å². The number of rotatable bonds is 25. The van der Waals surface area contributed by atoms with Gasteiger partial charge in [-0.25, -0.2) is 0 Å². The molecule has 7 amide bonds. The Hall–Kier alpha value is -4.57. The zero-order valence-corrected chi connectivity index (χ0v) is 34.9. The first-order valence-corrected chi connectivity index (χ1v) is 19.5. The summed E-state index contributed by atoms with van der Waals surface area (Å²) in [7, 11) is 1.44. The second kappa shape index (κ2) is 23.5. The molecule has 0 aliphatic rings. The summed E-state index contributed by atoms with van der Waals surface area (Å²) in [5.74, 6) is -3.45. The summed E-state index contributed by atoms with van der Waals surface area (Å²) >= 11 is 0. The van der Waals surface area contributed by atoms with Crippen LogP contribution >= 0.6 is 0 Å². The molecule has 5 atom stereocenters. The average molecular weight is 789 g/mol. The van der Waals surface area contributed by atoms with E-state index in [1.807, 2.05) is 26.8 Å². The third-order valence-electron chi connectivity index (χ3n) is 9.71. The van der Waals surface area contributed by atoms with Crippen LogP contribution in [0.5, 0.6) is 0 Å². The quantitative estimate of drug-likeness (QED) is 0.0622. The molecule has 1 rings (SSSR count). The number of nitrogens with two attached hydrogens (primary N) is 1. The molecule has 16 nitrogen and oxygen atoms in total. The van der Waals surface area contributed by atoms with Crippen molar-refractivity contribution in [1.82, 2.24) is 37.2 Å². The van der Waals surface area contributed by atoms with Crippen molar-refractivity contribution < 1.29 is 38.7 Å². The molecule has 0 aliphatic carbocycles. The molecular weight excluding hydrogens is 720 g/mol. The Morgan fingerprint density at radius 1 is 0.732 bits per heavy atom. The van der Waals surface area contributed by atoms with Crippen LogP contribution in [0.1, 0.15) is 93.1 Å². The molecule has 5 unspecified atom stereocenters. The Labute approximate surface area is 332 Å². The van der Waals surface area contributed by atoms with Gasteiger partial charge >= 0.3 is 0 Å². The lowest BCUT2D eigenvalue weighted by atomic mass is 9.64. The molecule has 0 saturated carbocycles. The lowest BCUT2D eigenvalue weighted by Gasteiger charge is -2.41. The van der Waals surface area contributed by atoms with Crippen LogP contribution in [0.4, 0.5) is 0 Å². The number of likely N-dealkylation sites (N-methyl/N-ethyl adjacent to an activating group) is 1. The summed E-state index contributed by atoms with van der Waals surface area (Å²) in [6.45, 7) is 13.9. The van der Waals surface area contributed by atoms with Crippen molar-refractivity contribution in [2.45, 2.75) is 112 Å². The molecule has 0 heterocycles. The van der Waals surface area contributed by atoms with Crippen molar-refractivity contribution in [3.63, 3.8) is 0 Å². The maximum absolute atomic E-state index is 13.8. The Morgan fingerprint density at radius 2 is 1.34 bits per heavy atom. The summed E-state index contributed by atoms with van der Waals surface area (Å²) in [5, 5.41) is 28.6. The van der Waals surface area contributed by atoms with E-state index < -0.39 is 76.4 Å². The van der Waals surface area contributed by atoms with Crippen LogP contribution < -0.4 is 43.0 Å². The van der Waals surface area contributed by atoms with Gasteiger partial charge in [0, 0.05) is 42.8 Å². The van der Waals surface area contributed by atoms with Crippen molar-refractivity contribution >= 4 is 41.4 Å². The fourth-order valence-corrected chi connectivity index (χ4v) is 6.54. The largest absolute Gasteiger partial charge is 0.392 e. The van der Waals surface area contributed by atoms with Crippen LogP contribution in [-0.4, -0.2) is 104 Å². The van der Waals surface area contributed by atoms with Crippen LogP contribution in [0.15, 0.2) is 30.3 Å². The molecule has 10 N–H and O–H groups in total. The van der Waals surface area contributed by atoms with Crippen molar-refractivity contribution in [3.05, 3.63) is 35.9 Å². The number of carbonyl (C=O) groups excluding carboxylic acids is 7. The number of benzene rings is 1. The van der Waals surface area contributed by atoms with Gasteiger partial charge in [-0.1, -0.05) is 78.8 Å². The maximum Gasteiger partial charge on any atom is 0.243 e. The third-order valence-corrected chi connectivity index (χ3v) is 9.71. The first-order chi connectivity index (χ1) is 26.1. The maximum atomic E-state index is 13.8. The van der Waals surface area contributed by atoms with E-state index in [1.165, 1.54) is 14.0 Å². The molecule has 0 aromatic heterocycles. The SMILES string of the molecule is CCC(C)(CC(C)(CC(C)(C)C(=O)NCC(=O)NC(Cc1ccccc1)C(=O)NC(CC(C)C)C(=O)NCC(=O)NC)C(=O)NCC(C)O)C(=O)NCCCN. The van der Waals surface area contributed by atoms with Gasteiger partial charge in [0.05, 0.1) is 19.2 Å². The number of aliphatic hydroxyl groups excluding tert-OH is 1. The zero-order chi connectivity index (χ0) is 42.7. The molecule has 0 spiro atoms. The molecular formula is C40H68N8O8. The Balaban J connectivity index is 3.24. The summed E-state index contributed by atoms with van der Waals surface area (Å²) in [6, 6.07) is 6.87. The molecule has 0 aliphatic heterocycles. The summed E-state index contributed by atoms with van der Waals surface area (Å²) in [4.78, 5) is 92.6. The normalized spacial score (nSPS) is 15.1. The molecule has 0 saturated heterocycles. The van der Waals surface area contributed by atoms with E-state index >= 15 is 0 Å². The van der Waals surface area contributed by atoms with E-state index in [0.29, 0.717) is 25.9 Å². The highest BCUT2D eigenvalue weighted by atomic mass is 16.3. The minimum absolute atomic E-state index is 0.00663. The third kappa shape index (κ3) is 17.1. The summed E-state index contributed by atoms with van der Waals surface area (Å²) in [5.41, 5.74) is 2.87. The molecule has 0 radical (unpaired) electrons. The predicted molar refractivity (Wildman–Crippen MR) is 214 cm³/mol. The second-order valence-corrected chi connectivity index (χ2v) is 16.2. The highest BCUT2D eigenvalue weighted by molar-refractivity contribution is 5.95. The minimum Gasteiger partial charge on any atom is -0.392 e. The number of hydrogen-bond donors (Lipinski definition) is 9. The van der Waals surface area contributed by atoms with E-state index in [-0.39, 0.29) is 50.6 Å². The van der Waals surface area contributed by atoms with Gasteiger partial charge in [0.2, 0.25) is 41.4 Å². The standard InChI is InChI=1S/C40H68N8O8/c1-10-39(7,36(55)43-18-14-17-41)25-40(8,37(56)45-21-27(4)49)24-38(5,6)35(54)46-23-32(51)47-30(20-28-15-12-11-13-16-28)34(53)48-29(19-26(2)3)33(52)44-22-31(50)42-9/h11-13,15-16,26-27,29-30,49H,10,14,17-25,41H2,1-9H3,(H,42,50)(H,43,55)(H,44,52)(H,45,56)(H,46,54)(H,47,51)(H,48,53). The van der Waals surface area contributed by atoms with Crippen molar-refractivity contribution in [2.75, 3.05) is 39.8 Å². The van der Waals surface area contributed by atoms with Crippen molar-refractivity contribution in [3.8, 4) is 0 Å². The molecule has 0 fully saturated rings. The Bertz CT molecular complexity index is 1470. The summed E-state index contributed by atoms with van der Waals surface area (Å²) in [6.07, 6.45) is 0.609. The molecule has 56 heavy (non-hydrogen) atoms. The van der Waals surface area contributed by atoms with E-state index in [0.717, 1.165) is 5.56 Å².